The van der Waals surface area contributed by atoms with Crippen LogP contribution in [0.1, 0.15) is 55.7 Å². The molecule has 1 aliphatic rings. The van der Waals surface area contributed by atoms with Crippen LogP contribution in [0, 0.1) is 0 Å². The largest absolute Gasteiger partial charge is 0.482 e. The van der Waals surface area contributed by atoms with E-state index in [2.05, 4.69) is 66.8 Å². The van der Waals surface area contributed by atoms with E-state index in [0.717, 1.165) is 6.42 Å². The molecule has 1 saturated carbocycles. The Morgan fingerprint density at radius 3 is 2.63 bits per heavy atom. The van der Waals surface area contributed by atoms with Crippen LogP contribution in [0.25, 0.3) is 10.8 Å². The van der Waals surface area contributed by atoms with Crippen molar-refractivity contribution >= 4 is 16.7 Å². The quantitative estimate of drug-likeness (QED) is 0.533. The molecule has 3 aromatic rings. The number of aliphatic carboxylic acids is 1. The summed E-state index contributed by atoms with van der Waals surface area (Å²) in [6.07, 6.45) is 4.72. The van der Waals surface area contributed by atoms with Crippen molar-refractivity contribution in [2.45, 2.75) is 50.6 Å². The molecule has 0 radical (unpaired) electrons. The number of carbonyl (C=O) groups is 1. The Balaban J connectivity index is 1.41. The summed E-state index contributed by atoms with van der Waals surface area (Å²) >= 11 is 0. The minimum absolute atomic E-state index is 0.298. The van der Waals surface area contributed by atoms with Gasteiger partial charge in [0.1, 0.15) is 5.75 Å². The summed E-state index contributed by atoms with van der Waals surface area (Å²) in [6.45, 7) is 1.96. The molecule has 2 unspecified atom stereocenters. The average Bonchev–Trinajstić information content (AvgIpc) is 2.78. The number of ether oxygens (including phenoxy) is 1. The van der Waals surface area contributed by atoms with Crippen LogP contribution >= 0.6 is 0 Å². The first-order chi connectivity index (χ1) is 14.6. The Hall–Kier alpha value is -2.85. The summed E-state index contributed by atoms with van der Waals surface area (Å²) in [5.74, 6) is 0.168. The van der Waals surface area contributed by atoms with Crippen LogP contribution in [-0.4, -0.2) is 23.7 Å². The molecule has 2 N–H and O–H groups in total. The van der Waals surface area contributed by atoms with Crippen LogP contribution in [-0.2, 0) is 4.79 Å². The molecule has 0 amide bonds. The van der Waals surface area contributed by atoms with Gasteiger partial charge in [-0.2, -0.15) is 0 Å². The van der Waals surface area contributed by atoms with E-state index in [1.807, 2.05) is 12.1 Å². The van der Waals surface area contributed by atoms with Gasteiger partial charge in [0.15, 0.2) is 6.61 Å². The van der Waals surface area contributed by atoms with Gasteiger partial charge < -0.3 is 15.2 Å². The highest BCUT2D eigenvalue weighted by molar-refractivity contribution is 5.86. The Bertz CT molecular complexity index is 993. The third kappa shape index (κ3) is 4.82. The summed E-state index contributed by atoms with van der Waals surface area (Å²) in [7, 11) is 0. The van der Waals surface area contributed by atoms with Crippen LogP contribution in [0.4, 0.5) is 0 Å². The predicted octanol–water partition coefficient (Wildman–Crippen LogP) is 5.68. The van der Waals surface area contributed by atoms with Crippen molar-refractivity contribution in [3.63, 3.8) is 0 Å². The number of carboxylic acids is 1. The van der Waals surface area contributed by atoms with Crippen molar-refractivity contribution in [1.29, 1.82) is 0 Å². The Kier molecular flexibility index (Phi) is 6.34. The molecule has 3 aromatic carbocycles. The highest BCUT2D eigenvalue weighted by Crippen LogP contribution is 2.35. The molecule has 0 bridgehead atoms. The maximum absolute atomic E-state index is 10.7. The maximum atomic E-state index is 10.7. The van der Waals surface area contributed by atoms with E-state index in [-0.39, 0.29) is 6.61 Å². The fraction of sp³-hybridized carbons (Fsp3) is 0.346. The predicted molar refractivity (Wildman–Crippen MR) is 120 cm³/mol. The zero-order valence-corrected chi connectivity index (χ0v) is 17.4. The van der Waals surface area contributed by atoms with Gasteiger partial charge in [0.25, 0.3) is 0 Å². The first kappa shape index (κ1) is 20.4. The van der Waals surface area contributed by atoms with Gasteiger partial charge in [-0.15, -0.1) is 0 Å². The molecule has 0 aromatic heterocycles. The normalized spacial score (nSPS) is 20.0. The summed E-state index contributed by atoms with van der Waals surface area (Å²) < 4.78 is 5.26. The molecule has 156 valence electrons. The van der Waals surface area contributed by atoms with Gasteiger partial charge in [0.05, 0.1) is 0 Å². The standard InChI is InChI=1S/C26H29NO3/c1-18(24-11-5-7-20-6-2-3-10-25(20)24)27-22-9-4-8-21(16-22)19-12-14-23(15-13-19)30-17-26(28)29/h2-3,5-7,10-15,18,21-22,27H,4,8-9,16-17H2,1H3,(H,28,29)/t18-,21?,22?/m1/s1. The molecule has 1 aliphatic carbocycles. The Labute approximate surface area is 177 Å². The second-order valence-electron chi connectivity index (χ2n) is 8.27. The third-order valence-electron chi connectivity index (χ3n) is 6.16. The third-order valence-corrected chi connectivity index (χ3v) is 6.16. The summed E-state index contributed by atoms with van der Waals surface area (Å²) in [4.78, 5) is 10.7. The molecule has 4 nitrogen and oxygen atoms in total. The topological polar surface area (TPSA) is 58.6 Å². The number of hydrogen-bond acceptors (Lipinski definition) is 3. The number of carboxylic acid groups (broad SMARTS) is 1. The zero-order valence-electron chi connectivity index (χ0n) is 17.4. The minimum atomic E-state index is -0.958. The minimum Gasteiger partial charge on any atom is -0.482 e. The van der Waals surface area contributed by atoms with Crippen molar-refractivity contribution in [2.75, 3.05) is 6.61 Å². The molecule has 3 atom stereocenters. The van der Waals surface area contributed by atoms with Gasteiger partial charge in [-0.25, -0.2) is 4.79 Å². The first-order valence-corrected chi connectivity index (χ1v) is 10.8. The van der Waals surface area contributed by atoms with Crippen LogP contribution in [0.3, 0.4) is 0 Å². The smallest absolute Gasteiger partial charge is 0.341 e. The highest BCUT2D eigenvalue weighted by Gasteiger charge is 2.25. The number of hydrogen-bond donors (Lipinski definition) is 2. The molecule has 0 saturated heterocycles. The summed E-state index contributed by atoms with van der Waals surface area (Å²) in [5.41, 5.74) is 2.66. The van der Waals surface area contributed by atoms with E-state index < -0.39 is 5.97 Å². The van der Waals surface area contributed by atoms with Crippen molar-refractivity contribution in [3.05, 3.63) is 77.9 Å². The van der Waals surface area contributed by atoms with E-state index in [9.17, 15) is 4.79 Å². The molecule has 30 heavy (non-hydrogen) atoms. The summed E-state index contributed by atoms with van der Waals surface area (Å²) in [6, 6.07) is 23.8. The SMILES string of the molecule is C[C@@H](NC1CCCC(c2ccc(OCC(=O)O)cc2)C1)c1cccc2ccccc12. The van der Waals surface area contributed by atoms with Crippen molar-refractivity contribution in [3.8, 4) is 5.75 Å². The number of nitrogens with one attached hydrogen (secondary N) is 1. The molecular weight excluding hydrogens is 374 g/mol. The van der Waals surface area contributed by atoms with E-state index in [4.69, 9.17) is 9.84 Å². The molecule has 4 rings (SSSR count). The number of rotatable bonds is 7. The van der Waals surface area contributed by atoms with Gasteiger partial charge in [-0.05, 0) is 66.1 Å². The van der Waals surface area contributed by atoms with Crippen LogP contribution in [0.2, 0.25) is 0 Å². The van der Waals surface area contributed by atoms with Gasteiger partial charge in [-0.3, -0.25) is 0 Å². The number of fused-ring (bicyclic) bond motifs is 1. The fourth-order valence-electron chi connectivity index (χ4n) is 4.70. The lowest BCUT2D eigenvalue weighted by molar-refractivity contribution is -0.139. The average molecular weight is 404 g/mol. The van der Waals surface area contributed by atoms with Gasteiger partial charge in [0, 0.05) is 12.1 Å². The fourth-order valence-corrected chi connectivity index (χ4v) is 4.70. The van der Waals surface area contributed by atoms with E-state index in [1.165, 1.54) is 41.2 Å². The Morgan fingerprint density at radius 1 is 1.07 bits per heavy atom. The maximum Gasteiger partial charge on any atom is 0.341 e. The van der Waals surface area contributed by atoms with Gasteiger partial charge in [0.2, 0.25) is 0 Å². The van der Waals surface area contributed by atoms with Crippen molar-refractivity contribution in [1.82, 2.24) is 5.32 Å². The molecule has 4 heteroatoms. The Morgan fingerprint density at radius 2 is 1.83 bits per heavy atom. The second kappa shape index (κ2) is 9.31. The van der Waals surface area contributed by atoms with Crippen LogP contribution in [0.15, 0.2) is 66.7 Å². The monoisotopic (exact) mass is 403 g/mol. The highest BCUT2D eigenvalue weighted by atomic mass is 16.5. The molecule has 0 aliphatic heterocycles. The lowest BCUT2D eigenvalue weighted by Crippen LogP contribution is -2.35. The van der Waals surface area contributed by atoms with E-state index >= 15 is 0 Å². The second-order valence-corrected chi connectivity index (χ2v) is 8.27. The molecule has 0 heterocycles. The van der Waals surface area contributed by atoms with E-state index in [1.54, 1.807) is 0 Å². The molecular formula is C26H29NO3. The van der Waals surface area contributed by atoms with Gasteiger partial charge in [-0.1, -0.05) is 61.0 Å². The first-order valence-electron chi connectivity index (χ1n) is 10.8. The molecule has 1 fully saturated rings. The van der Waals surface area contributed by atoms with Crippen LogP contribution in [0.5, 0.6) is 5.75 Å². The van der Waals surface area contributed by atoms with E-state index in [0.29, 0.717) is 23.8 Å². The lowest BCUT2D eigenvalue weighted by Gasteiger charge is -2.32. The zero-order chi connectivity index (χ0) is 20.9. The molecule has 0 spiro atoms. The lowest BCUT2D eigenvalue weighted by atomic mass is 9.81. The van der Waals surface area contributed by atoms with Crippen LogP contribution < -0.4 is 10.1 Å². The number of benzene rings is 3. The van der Waals surface area contributed by atoms with Crippen molar-refractivity contribution in [2.24, 2.45) is 0 Å². The van der Waals surface area contributed by atoms with Gasteiger partial charge >= 0.3 is 5.97 Å². The van der Waals surface area contributed by atoms with Crippen molar-refractivity contribution < 1.29 is 14.6 Å². The summed E-state index contributed by atoms with van der Waals surface area (Å²) in [5, 5.41) is 15.2.